The number of nitrogens with zero attached hydrogens (tertiary/aromatic N) is 2. The third-order valence-corrected chi connectivity index (χ3v) is 4.66. The molecule has 0 bridgehead atoms. The van der Waals surface area contributed by atoms with Crippen LogP contribution in [0.4, 0.5) is 0 Å². The summed E-state index contributed by atoms with van der Waals surface area (Å²) in [4.78, 5) is 23.0. The first-order chi connectivity index (χ1) is 8.93. The van der Waals surface area contributed by atoms with E-state index in [0.29, 0.717) is 4.31 Å². The maximum absolute atomic E-state index is 12.2. The maximum atomic E-state index is 12.2. The summed E-state index contributed by atoms with van der Waals surface area (Å²) in [6, 6.07) is 8.97. The second-order valence-electron chi connectivity index (χ2n) is 4.30. The molecule has 0 N–H and O–H groups in total. The van der Waals surface area contributed by atoms with Crippen LogP contribution in [0.25, 0.3) is 0 Å². The molecular formula is C12H14N2O4S. The molecule has 1 heterocycles. The number of carbonyl (C=O) groups is 2. The van der Waals surface area contributed by atoms with Crippen molar-refractivity contribution in [3.8, 4) is 0 Å². The largest absolute Gasteiger partial charge is 0.313 e. The Morgan fingerprint density at radius 2 is 1.63 bits per heavy atom. The van der Waals surface area contributed by atoms with Gasteiger partial charge in [0.2, 0.25) is 11.8 Å². The van der Waals surface area contributed by atoms with Gasteiger partial charge in [-0.1, -0.05) is 30.3 Å². The maximum Gasteiger partial charge on any atom is 0.313 e. The number of hydrogen-bond acceptors (Lipinski definition) is 4. The van der Waals surface area contributed by atoms with Crippen LogP contribution >= 0.6 is 0 Å². The lowest BCUT2D eigenvalue weighted by atomic mass is 10.2. The zero-order chi connectivity index (χ0) is 14.0. The van der Waals surface area contributed by atoms with E-state index in [1.807, 2.05) is 6.07 Å². The number of rotatable bonds is 4. The summed E-state index contributed by atoms with van der Waals surface area (Å²) in [6.45, 7) is 0.111. The lowest BCUT2D eigenvalue weighted by molar-refractivity contribution is -0.132. The molecule has 102 valence electrons. The van der Waals surface area contributed by atoms with Gasteiger partial charge < -0.3 is 0 Å². The van der Waals surface area contributed by atoms with E-state index in [-0.39, 0.29) is 19.4 Å². The van der Waals surface area contributed by atoms with Gasteiger partial charge in [-0.15, -0.1) is 0 Å². The van der Waals surface area contributed by atoms with Crippen molar-refractivity contribution in [3.63, 3.8) is 0 Å². The van der Waals surface area contributed by atoms with Gasteiger partial charge in [0.25, 0.3) is 0 Å². The fourth-order valence-electron chi connectivity index (χ4n) is 1.87. The van der Waals surface area contributed by atoms with E-state index in [2.05, 4.69) is 0 Å². The minimum Gasteiger partial charge on any atom is -0.273 e. The first-order valence-electron chi connectivity index (χ1n) is 5.79. The highest BCUT2D eigenvalue weighted by molar-refractivity contribution is 7.87. The van der Waals surface area contributed by atoms with Crippen LogP contribution in [0.1, 0.15) is 18.4 Å². The van der Waals surface area contributed by atoms with E-state index in [0.717, 1.165) is 9.87 Å². The molecule has 1 fully saturated rings. The zero-order valence-corrected chi connectivity index (χ0v) is 11.3. The topological polar surface area (TPSA) is 74.8 Å². The van der Waals surface area contributed by atoms with Gasteiger partial charge in [-0.25, -0.2) is 0 Å². The van der Waals surface area contributed by atoms with Crippen LogP contribution < -0.4 is 0 Å². The van der Waals surface area contributed by atoms with E-state index >= 15 is 0 Å². The predicted molar refractivity (Wildman–Crippen MR) is 67.9 cm³/mol. The molecule has 2 amide bonds. The fourth-order valence-corrected chi connectivity index (χ4v) is 3.16. The summed E-state index contributed by atoms with van der Waals surface area (Å²) in [6.07, 6.45) is -0.0888. The molecule has 0 aliphatic carbocycles. The molecule has 1 aliphatic heterocycles. The molecule has 0 saturated carbocycles. The minimum absolute atomic E-state index is 0.0444. The van der Waals surface area contributed by atoms with E-state index in [4.69, 9.17) is 0 Å². The molecule has 1 aromatic rings. The SMILES string of the molecule is CN(Cc1ccccc1)S(=O)(=O)N1C(=O)CCC1=O. The third-order valence-electron chi connectivity index (χ3n) is 2.88. The number of imide groups is 1. The first-order valence-corrected chi connectivity index (χ1v) is 7.19. The molecule has 2 rings (SSSR count). The molecule has 0 atom stereocenters. The smallest absolute Gasteiger partial charge is 0.273 e. The number of carbonyl (C=O) groups excluding carboxylic acids is 2. The summed E-state index contributed by atoms with van der Waals surface area (Å²) >= 11 is 0. The second-order valence-corrected chi connectivity index (χ2v) is 6.19. The van der Waals surface area contributed by atoms with Gasteiger partial charge in [0.15, 0.2) is 0 Å². The van der Waals surface area contributed by atoms with Crippen molar-refractivity contribution in [2.45, 2.75) is 19.4 Å². The molecular weight excluding hydrogens is 268 g/mol. The number of benzene rings is 1. The van der Waals surface area contributed by atoms with E-state index in [1.54, 1.807) is 24.3 Å². The highest BCUT2D eigenvalue weighted by atomic mass is 32.2. The third kappa shape index (κ3) is 2.66. The average molecular weight is 282 g/mol. The Balaban J connectivity index is 2.20. The fraction of sp³-hybridized carbons (Fsp3) is 0.333. The van der Waals surface area contributed by atoms with E-state index in [1.165, 1.54) is 7.05 Å². The highest BCUT2D eigenvalue weighted by Gasteiger charge is 2.40. The highest BCUT2D eigenvalue weighted by Crippen LogP contribution is 2.19. The monoisotopic (exact) mass is 282 g/mol. The van der Waals surface area contributed by atoms with Gasteiger partial charge >= 0.3 is 10.2 Å². The van der Waals surface area contributed by atoms with Crippen molar-refractivity contribution in [2.75, 3.05) is 7.05 Å². The summed E-state index contributed by atoms with van der Waals surface area (Å²) in [5.74, 6) is -1.32. The van der Waals surface area contributed by atoms with Crippen molar-refractivity contribution in [3.05, 3.63) is 35.9 Å². The molecule has 1 aliphatic rings. The van der Waals surface area contributed by atoms with Crippen molar-refractivity contribution in [1.29, 1.82) is 0 Å². The van der Waals surface area contributed by atoms with Crippen LogP contribution in [0.15, 0.2) is 30.3 Å². The zero-order valence-electron chi connectivity index (χ0n) is 10.4. The molecule has 7 heteroatoms. The predicted octanol–water partition coefficient (Wildman–Crippen LogP) is 0.512. The minimum atomic E-state index is -4.07. The van der Waals surface area contributed by atoms with Crippen molar-refractivity contribution in [2.24, 2.45) is 0 Å². The van der Waals surface area contributed by atoms with Crippen molar-refractivity contribution in [1.82, 2.24) is 8.61 Å². The Morgan fingerprint density at radius 3 is 2.16 bits per heavy atom. The Hall–Kier alpha value is -1.73. The number of hydrogen-bond donors (Lipinski definition) is 0. The van der Waals surface area contributed by atoms with Crippen LogP contribution in [0.3, 0.4) is 0 Å². The van der Waals surface area contributed by atoms with Crippen molar-refractivity contribution >= 4 is 22.0 Å². The summed E-state index contributed by atoms with van der Waals surface area (Å²) in [7, 11) is -2.72. The van der Waals surface area contributed by atoms with Crippen LogP contribution in [-0.4, -0.2) is 35.9 Å². The van der Waals surface area contributed by atoms with Crippen LogP contribution in [0.2, 0.25) is 0 Å². The molecule has 0 spiro atoms. The molecule has 6 nitrogen and oxygen atoms in total. The van der Waals surface area contributed by atoms with Crippen LogP contribution in [-0.2, 0) is 26.3 Å². The Kier molecular flexibility index (Phi) is 3.68. The summed E-state index contributed by atoms with van der Waals surface area (Å²) in [5.41, 5.74) is 0.785. The number of amides is 2. The van der Waals surface area contributed by atoms with E-state index < -0.39 is 22.0 Å². The Labute approximate surface area is 111 Å². The molecule has 1 saturated heterocycles. The normalized spacial score (nSPS) is 16.4. The molecule has 0 radical (unpaired) electrons. The average Bonchev–Trinajstić information content (AvgIpc) is 2.70. The van der Waals surface area contributed by atoms with Gasteiger partial charge in [-0.05, 0) is 5.56 Å². The van der Waals surface area contributed by atoms with Crippen LogP contribution in [0.5, 0.6) is 0 Å². The Morgan fingerprint density at radius 1 is 1.11 bits per heavy atom. The van der Waals surface area contributed by atoms with E-state index in [9.17, 15) is 18.0 Å². The van der Waals surface area contributed by atoms with Gasteiger partial charge in [0.05, 0.1) is 0 Å². The summed E-state index contributed by atoms with van der Waals surface area (Å²) < 4.78 is 25.7. The Bertz CT molecular complexity index is 581. The quantitative estimate of drug-likeness (QED) is 0.754. The molecule has 0 unspecified atom stereocenters. The first kappa shape index (κ1) is 13.7. The molecule has 1 aromatic carbocycles. The van der Waals surface area contributed by atoms with Gasteiger partial charge in [0, 0.05) is 26.4 Å². The second kappa shape index (κ2) is 5.10. The standard InChI is InChI=1S/C12H14N2O4S/c1-13(9-10-5-3-2-4-6-10)19(17,18)14-11(15)7-8-12(14)16/h2-6H,7-9H2,1H3. The molecule has 0 aromatic heterocycles. The molecule has 19 heavy (non-hydrogen) atoms. The lowest BCUT2D eigenvalue weighted by Gasteiger charge is -2.22. The summed E-state index contributed by atoms with van der Waals surface area (Å²) in [5, 5.41) is 0. The van der Waals surface area contributed by atoms with Crippen LogP contribution in [0, 0.1) is 0 Å². The van der Waals surface area contributed by atoms with Crippen molar-refractivity contribution < 1.29 is 18.0 Å². The van der Waals surface area contributed by atoms with Gasteiger partial charge in [-0.2, -0.15) is 17.0 Å². The lowest BCUT2D eigenvalue weighted by Crippen LogP contribution is -2.44. The van der Waals surface area contributed by atoms with Gasteiger partial charge in [-0.3, -0.25) is 9.59 Å². The van der Waals surface area contributed by atoms with Gasteiger partial charge in [0.1, 0.15) is 0 Å².